The van der Waals surface area contributed by atoms with Gasteiger partial charge in [-0.05, 0) is 69.7 Å². The molecule has 31 heavy (non-hydrogen) atoms. The van der Waals surface area contributed by atoms with E-state index in [0.29, 0.717) is 26.1 Å². The first-order chi connectivity index (χ1) is 15.0. The van der Waals surface area contributed by atoms with Crippen molar-refractivity contribution in [1.29, 1.82) is 0 Å². The summed E-state index contributed by atoms with van der Waals surface area (Å²) >= 11 is 0. The monoisotopic (exact) mass is 430 g/mol. The molecule has 2 aliphatic heterocycles. The van der Waals surface area contributed by atoms with Gasteiger partial charge >= 0.3 is 12.0 Å². The lowest BCUT2D eigenvalue weighted by Gasteiger charge is -2.39. The third-order valence-corrected chi connectivity index (χ3v) is 6.42. The van der Waals surface area contributed by atoms with Crippen LogP contribution in [0.2, 0.25) is 0 Å². The number of carbonyl (C=O) groups is 3. The smallest absolute Gasteiger partial charge is 0.321 e. The predicted molar refractivity (Wildman–Crippen MR) is 118 cm³/mol. The number of esters is 1. The number of carbonyl (C=O) groups excluding carboxylic acids is 3. The third-order valence-electron chi connectivity index (χ3n) is 6.42. The first kappa shape index (κ1) is 23.1. The van der Waals surface area contributed by atoms with E-state index < -0.39 is 0 Å². The van der Waals surface area contributed by atoms with E-state index in [2.05, 4.69) is 10.2 Å². The quantitative estimate of drug-likeness (QED) is 0.617. The highest BCUT2D eigenvalue weighted by molar-refractivity contribution is 5.89. The SMILES string of the molecule is CCOC(=O)C[C@@H]1CCN(C(=O)Nc2ccccc2)C[C@@H]1CCN1CCC[C@H]1C(N)=O. The first-order valence-corrected chi connectivity index (χ1v) is 11.3. The summed E-state index contributed by atoms with van der Waals surface area (Å²) in [6.07, 6.45) is 3.70. The molecule has 3 atom stereocenters. The minimum Gasteiger partial charge on any atom is -0.466 e. The molecular formula is C23H34N4O4. The summed E-state index contributed by atoms with van der Waals surface area (Å²) < 4.78 is 5.17. The number of benzene rings is 1. The maximum absolute atomic E-state index is 12.8. The van der Waals surface area contributed by atoms with Crippen LogP contribution < -0.4 is 11.1 Å². The van der Waals surface area contributed by atoms with Gasteiger partial charge in [0.2, 0.25) is 5.91 Å². The van der Waals surface area contributed by atoms with Crippen LogP contribution in [0, 0.1) is 11.8 Å². The fourth-order valence-corrected chi connectivity index (χ4v) is 4.77. The van der Waals surface area contributed by atoms with Gasteiger partial charge in [0.15, 0.2) is 0 Å². The summed E-state index contributed by atoms with van der Waals surface area (Å²) in [5.74, 6) is -0.132. The summed E-state index contributed by atoms with van der Waals surface area (Å²) in [6.45, 7) is 4.97. The number of para-hydroxylation sites is 1. The number of anilines is 1. The number of hydrogen-bond donors (Lipinski definition) is 2. The molecule has 170 valence electrons. The second-order valence-corrected chi connectivity index (χ2v) is 8.45. The number of amides is 3. The van der Waals surface area contributed by atoms with E-state index in [9.17, 15) is 14.4 Å². The Kier molecular flexibility index (Phi) is 8.28. The molecule has 3 N–H and O–H groups in total. The number of primary amides is 1. The number of nitrogens with zero attached hydrogens (tertiary/aromatic N) is 2. The largest absolute Gasteiger partial charge is 0.466 e. The van der Waals surface area contributed by atoms with Crippen LogP contribution in [0.25, 0.3) is 0 Å². The highest BCUT2D eigenvalue weighted by Crippen LogP contribution is 2.31. The zero-order chi connectivity index (χ0) is 22.2. The average Bonchev–Trinajstić information content (AvgIpc) is 3.23. The summed E-state index contributed by atoms with van der Waals surface area (Å²) in [7, 11) is 0. The molecule has 2 heterocycles. The van der Waals surface area contributed by atoms with E-state index in [-0.39, 0.29) is 35.8 Å². The van der Waals surface area contributed by atoms with Crippen molar-refractivity contribution in [2.75, 3.05) is 38.1 Å². The number of hydrogen-bond acceptors (Lipinski definition) is 5. The molecule has 3 amide bonds. The van der Waals surface area contributed by atoms with Gasteiger partial charge in [0, 0.05) is 25.2 Å². The van der Waals surface area contributed by atoms with E-state index in [1.165, 1.54) is 0 Å². The summed E-state index contributed by atoms with van der Waals surface area (Å²) in [4.78, 5) is 40.6. The minimum absolute atomic E-state index is 0.123. The third kappa shape index (κ3) is 6.43. The topological polar surface area (TPSA) is 105 Å². The summed E-state index contributed by atoms with van der Waals surface area (Å²) in [6, 6.07) is 9.07. The number of likely N-dealkylation sites (tertiary alicyclic amines) is 2. The van der Waals surface area contributed by atoms with E-state index in [0.717, 1.165) is 44.5 Å². The van der Waals surface area contributed by atoms with Gasteiger partial charge in [0.05, 0.1) is 12.6 Å². The van der Waals surface area contributed by atoms with Crippen molar-refractivity contribution in [2.24, 2.45) is 17.6 Å². The van der Waals surface area contributed by atoms with Gasteiger partial charge in [-0.2, -0.15) is 0 Å². The summed E-state index contributed by atoms with van der Waals surface area (Å²) in [5, 5.41) is 2.95. The average molecular weight is 431 g/mol. The van der Waals surface area contributed by atoms with Crippen molar-refractivity contribution in [2.45, 2.75) is 45.1 Å². The number of nitrogens with two attached hydrogens (primary N) is 1. The van der Waals surface area contributed by atoms with Crippen molar-refractivity contribution >= 4 is 23.6 Å². The zero-order valence-electron chi connectivity index (χ0n) is 18.3. The fourth-order valence-electron chi connectivity index (χ4n) is 4.77. The van der Waals surface area contributed by atoms with Crippen molar-refractivity contribution < 1.29 is 19.1 Å². The van der Waals surface area contributed by atoms with E-state index in [1.54, 1.807) is 0 Å². The van der Waals surface area contributed by atoms with Crippen molar-refractivity contribution in [1.82, 2.24) is 9.80 Å². The molecule has 2 fully saturated rings. The van der Waals surface area contributed by atoms with Crippen LogP contribution in [0.4, 0.5) is 10.5 Å². The number of piperidine rings is 1. The second-order valence-electron chi connectivity index (χ2n) is 8.45. The Morgan fingerprint density at radius 3 is 2.61 bits per heavy atom. The number of urea groups is 1. The van der Waals surface area contributed by atoms with Crippen LogP contribution in [0.1, 0.15) is 39.0 Å². The molecule has 1 aromatic carbocycles. The highest BCUT2D eigenvalue weighted by Gasteiger charge is 2.35. The molecule has 0 aliphatic carbocycles. The minimum atomic E-state index is -0.270. The van der Waals surface area contributed by atoms with Crippen molar-refractivity contribution in [3.8, 4) is 0 Å². The van der Waals surface area contributed by atoms with Crippen LogP contribution in [-0.2, 0) is 14.3 Å². The van der Waals surface area contributed by atoms with Crippen LogP contribution in [0.15, 0.2) is 30.3 Å². The standard InChI is InChI=1S/C23H34N4O4/c1-2-31-21(28)15-17-10-14-27(23(30)25-19-7-4-3-5-8-19)16-18(17)11-13-26-12-6-9-20(26)22(24)29/h3-5,7-8,17-18,20H,2,6,9-16H2,1H3,(H2,24,29)(H,25,30)/t17-,18-,20-/m0/s1. The molecule has 0 aromatic heterocycles. The molecule has 2 saturated heterocycles. The van der Waals surface area contributed by atoms with Gasteiger partial charge in [0.1, 0.15) is 0 Å². The van der Waals surface area contributed by atoms with Crippen LogP contribution in [-0.4, -0.2) is 66.5 Å². The van der Waals surface area contributed by atoms with Gasteiger partial charge in [-0.3, -0.25) is 14.5 Å². The maximum Gasteiger partial charge on any atom is 0.321 e. The van der Waals surface area contributed by atoms with Gasteiger partial charge < -0.3 is 20.7 Å². The Labute approximate surface area is 184 Å². The molecule has 0 saturated carbocycles. The molecule has 0 spiro atoms. The van der Waals surface area contributed by atoms with Crippen LogP contribution in [0.3, 0.4) is 0 Å². The zero-order valence-corrected chi connectivity index (χ0v) is 18.3. The van der Waals surface area contributed by atoms with Crippen LogP contribution >= 0.6 is 0 Å². The van der Waals surface area contributed by atoms with Crippen LogP contribution in [0.5, 0.6) is 0 Å². The molecular weight excluding hydrogens is 396 g/mol. The van der Waals surface area contributed by atoms with Gasteiger partial charge in [-0.25, -0.2) is 4.79 Å². The molecule has 0 bridgehead atoms. The van der Waals surface area contributed by atoms with E-state index in [1.807, 2.05) is 42.2 Å². The molecule has 8 heteroatoms. The summed E-state index contributed by atoms with van der Waals surface area (Å²) in [5.41, 5.74) is 6.32. The van der Waals surface area contributed by atoms with Gasteiger partial charge in [0.25, 0.3) is 0 Å². The lowest BCUT2D eigenvalue weighted by Crippen LogP contribution is -2.47. The maximum atomic E-state index is 12.8. The Bertz CT molecular complexity index is 757. The lowest BCUT2D eigenvalue weighted by molar-refractivity contribution is -0.145. The normalized spacial score (nSPS) is 24.0. The molecule has 1 aromatic rings. The Morgan fingerprint density at radius 2 is 1.90 bits per heavy atom. The van der Waals surface area contributed by atoms with E-state index in [4.69, 9.17) is 10.5 Å². The Morgan fingerprint density at radius 1 is 1.13 bits per heavy atom. The molecule has 2 aliphatic rings. The molecule has 0 unspecified atom stereocenters. The molecule has 8 nitrogen and oxygen atoms in total. The Hall–Kier alpha value is -2.61. The first-order valence-electron chi connectivity index (χ1n) is 11.3. The molecule has 0 radical (unpaired) electrons. The number of rotatable bonds is 8. The fraction of sp³-hybridized carbons (Fsp3) is 0.609. The van der Waals surface area contributed by atoms with Gasteiger partial charge in [-0.15, -0.1) is 0 Å². The molecule has 3 rings (SSSR count). The second kappa shape index (κ2) is 11.1. The number of ether oxygens (including phenoxy) is 1. The number of nitrogens with one attached hydrogen (secondary N) is 1. The Balaban J connectivity index is 1.62. The van der Waals surface area contributed by atoms with E-state index >= 15 is 0 Å². The highest BCUT2D eigenvalue weighted by atomic mass is 16.5. The van der Waals surface area contributed by atoms with Crippen molar-refractivity contribution in [3.63, 3.8) is 0 Å². The van der Waals surface area contributed by atoms with Crippen molar-refractivity contribution in [3.05, 3.63) is 30.3 Å². The lowest BCUT2D eigenvalue weighted by atomic mass is 9.81. The predicted octanol–water partition coefficient (Wildman–Crippen LogP) is 2.45. The van der Waals surface area contributed by atoms with Gasteiger partial charge in [-0.1, -0.05) is 18.2 Å².